The molecule has 40 heavy (non-hydrogen) atoms. The summed E-state index contributed by atoms with van der Waals surface area (Å²) in [4.78, 5) is 45.0. The van der Waals surface area contributed by atoms with Crippen molar-refractivity contribution in [2.75, 3.05) is 37.5 Å². The Bertz CT molecular complexity index is 1440. The van der Waals surface area contributed by atoms with Crippen LogP contribution in [0.25, 0.3) is 0 Å². The summed E-state index contributed by atoms with van der Waals surface area (Å²) in [6.07, 6.45) is -0.852. The molecule has 1 spiro atoms. The number of hydrogen-bond donors (Lipinski definition) is 1. The van der Waals surface area contributed by atoms with Gasteiger partial charge in [0, 0.05) is 29.4 Å². The first-order chi connectivity index (χ1) is 19.4. The van der Waals surface area contributed by atoms with E-state index >= 15 is 0 Å². The van der Waals surface area contributed by atoms with Gasteiger partial charge in [-0.05, 0) is 56.4 Å². The second kappa shape index (κ2) is 9.98. The molecule has 0 aromatic heterocycles. The summed E-state index contributed by atoms with van der Waals surface area (Å²) < 4.78 is 17.2. The zero-order valence-corrected chi connectivity index (χ0v) is 22.6. The van der Waals surface area contributed by atoms with Gasteiger partial charge in [0.25, 0.3) is 11.8 Å². The van der Waals surface area contributed by atoms with Crippen LogP contribution < -0.4 is 19.7 Å². The maximum absolute atomic E-state index is 13.8. The summed E-state index contributed by atoms with van der Waals surface area (Å²) in [6.45, 7) is 2.28. The van der Waals surface area contributed by atoms with Crippen LogP contribution in [0.3, 0.4) is 0 Å². The predicted octanol–water partition coefficient (Wildman–Crippen LogP) is 3.45. The van der Waals surface area contributed by atoms with Crippen LogP contribution in [-0.4, -0.2) is 62.1 Å². The number of ether oxygens (including phenoxy) is 3. The van der Waals surface area contributed by atoms with E-state index in [2.05, 4.69) is 5.32 Å². The van der Waals surface area contributed by atoms with Gasteiger partial charge in [0.15, 0.2) is 6.10 Å². The number of β-lactam (4-membered cyclic amide) rings is 1. The average Bonchev–Trinajstić information content (AvgIpc) is 3.44. The Kier molecular flexibility index (Phi) is 6.46. The summed E-state index contributed by atoms with van der Waals surface area (Å²) >= 11 is 0. The standard InChI is InChI=1S/C31H31N3O6/c1-4-39-29(36)25-22(18-33(2)31(25)23-12-8-9-13-24(23)32-30(31)37)26-27(40-21-10-6-5-7-11-21)28(35)34(26)19-14-16-20(38-3)17-15-19/h5-17,22,25-27H,4,18H2,1-3H3,(H,32,37)/t22?,25-,26?,27?,31-/m0/s1. The Morgan fingerprint density at radius 1 is 0.975 bits per heavy atom. The minimum absolute atomic E-state index is 0.168. The van der Waals surface area contributed by atoms with Crippen molar-refractivity contribution in [2.45, 2.75) is 24.6 Å². The molecule has 0 saturated carbocycles. The topological polar surface area (TPSA) is 97.4 Å². The van der Waals surface area contributed by atoms with Gasteiger partial charge in [-0.1, -0.05) is 36.4 Å². The van der Waals surface area contributed by atoms with Gasteiger partial charge in [0.05, 0.1) is 25.7 Å². The maximum atomic E-state index is 13.8. The molecule has 3 heterocycles. The number of rotatable bonds is 7. The Balaban J connectivity index is 1.47. The molecule has 2 amide bonds. The lowest BCUT2D eigenvalue weighted by atomic mass is 9.70. The lowest BCUT2D eigenvalue weighted by Crippen LogP contribution is -2.71. The van der Waals surface area contributed by atoms with Crippen LogP contribution in [0.4, 0.5) is 11.4 Å². The van der Waals surface area contributed by atoms with E-state index in [0.717, 1.165) is 5.56 Å². The number of amides is 2. The molecule has 2 fully saturated rings. The number of hydrogen-bond acceptors (Lipinski definition) is 7. The first kappa shape index (κ1) is 25.9. The number of benzene rings is 3. The van der Waals surface area contributed by atoms with Crippen LogP contribution in [-0.2, 0) is 24.7 Å². The number of nitrogens with one attached hydrogen (secondary N) is 1. The van der Waals surface area contributed by atoms with Gasteiger partial charge < -0.3 is 24.4 Å². The maximum Gasteiger partial charge on any atom is 0.312 e. The summed E-state index contributed by atoms with van der Waals surface area (Å²) in [5.74, 6) is -1.13. The van der Waals surface area contributed by atoms with Crippen LogP contribution in [0.2, 0.25) is 0 Å². The highest BCUT2D eigenvalue weighted by Gasteiger charge is 2.69. The zero-order chi connectivity index (χ0) is 28.0. The quantitative estimate of drug-likeness (QED) is 0.362. The Morgan fingerprint density at radius 2 is 1.68 bits per heavy atom. The number of carbonyl (C=O) groups excluding carboxylic acids is 3. The molecule has 3 aliphatic rings. The molecule has 9 heteroatoms. The van der Waals surface area contributed by atoms with Gasteiger partial charge >= 0.3 is 5.97 Å². The largest absolute Gasteiger partial charge is 0.497 e. The lowest BCUT2D eigenvalue weighted by molar-refractivity contribution is -0.158. The van der Waals surface area contributed by atoms with Gasteiger partial charge in [0.2, 0.25) is 0 Å². The van der Waals surface area contributed by atoms with Crippen molar-refractivity contribution in [1.29, 1.82) is 0 Å². The number of likely N-dealkylation sites (N-methyl/N-ethyl adjacent to an activating group) is 1. The number of methoxy groups -OCH3 is 1. The van der Waals surface area contributed by atoms with Crippen LogP contribution in [0.5, 0.6) is 11.5 Å². The molecule has 0 radical (unpaired) electrons. The Morgan fingerprint density at radius 3 is 2.38 bits per heavy atom. The summed E-state index contributed by atoms with van der Waals surface area (Å²) in [5, 5.41) is 2.98. The van der Waals surface area contributed by atoms with E-state index in [-0.39, 0.29) is 18.4 Å². The van der Waals surface area contributed by atoms with E-state index < -0.39 is 35.5 Å². The van der Waals surface area contributed by atoms with E-state index in [1.165, 1.54) is 0 Å². The number of para-hydroxylation sites is 2. The number of likely N-dealkylation sites (tertiary alicyclic amines) is 1. The van der Waals surface area contributed by atoms with E-state index in [4.69, 9.17) is 14.2 Å². The van der Waals surface area contributed by atoms with Crippen molar-refractivity contribution >= 4 is 29.2 Å². The van der Waals surface area contributed by atoms with Crippen LogP contribution in [0, 0.1) is 11.8 Å². The molecule has 206 valence electrons. The number of carbonyl (C=O) groups is 3. The smallest absolute Gasteiger partial charge is 0.312 e. The molecule has 1 N–H and O–H groups in total. The third-order valence-electron chi connectivity index (χ3n) is 8.32. The highest BCUT2D eigenvalue weighted by Crippen LogP contribution is 2.55. The summed E-state index contributed by atoms with van der Waals surface area (Å²) in [5.41, 5.74) is 0.772. The first-order valence-corrected chi connectivity index (χ1v) is 13.4. The fourth-order valence-electron chi connectivity index (χ4n) is 6.65. The second-order valence-corrected chi connectivity index (χ2v) is 10.3. The van der Waals surface area contributed by atoms with Crippen molar-refractivity contribution in [3.63, 3.8) is 0 Å². The lowest BCUT2D eigenvalue weighted by Gasteiger charge is -2.50. The summed E-state index contributed by atoms with van der Waals surface area (Å²) in [7, 11) is 3.43. The minimum atomic E-state index is -1.28. The minimum Gasteiger partial charge on any atom is -0.497 e. The molecular formula is C31H31N3O6. The van der Waals surface area contributed by atoms with Crippen LogP contribution in [0.15, 0.2) is 78.9 Å². The van der Waals surface area contributed by atoms with Crippen LogP contribution in [0.1, 0.15) is 12.5 Å². The number of fused-ring (bicyclic) bond motifs is 2. The van der Waals surface area contributed by atoms with Crippen molar-refractivity contribution in [2.24, 2.45) is 11.8 Å². The van der Waals surface area contributed by atoms with E-state index in [9.17, 15) is 14.4 Å². The first-order valence-electron chi connectivity index (χ1n) is 13.4. The van der Waals surface area contributed by atoms with Gasteiger partial charge in [-0.2, -0.15) is 0 Å². The SMILES string of the molecule is CCOC(=O)[C@@H]1C(C2C(Oc3ccccc3)C(=O)N2c2ccc(OC)cc2)CN(C)[C@]12C(=O)Nc1ccccc12. The molecule has 6 rings (SSSR count). The molecule has 5 atom stereocenters. The van der Waals surface area contributed by atoms with Crippen molar-refractivity contribution in [3.8, 4) is 11.5 Å². The van der Waals surface area contributed by atoms with Gasteiger partial charge in [-0.15, -0.1) is 0 Å². The molecule has 3 aromatic rings. The molecule has 3 unspecified atom stereocenters. The van der Waals surface area contributed by atoms with Crippen LogP contribution >= 0.6 is 0 Å². The van der Waals surface area contributed by atoms with Crippen molar-refractivity contribution < 1.29 is 28.6 Å². The van der Waals surface area contributed by atoms with Gasteiger partial charge in [0.1, 0.15) is 17.0 Å². The van der Waals surface area contributed by atoms with Gasteiger partial charge in [-0.3, -0.25) is 19.3 Å². The molecule has 3 aromatic carbocycles. The Labute approximate surface area is 232 Å². The number of esters is 1. The third-order valence-corrected chi connectivity index (χ3v) is 8.32. The van der Waals surface area contributed by atoms with Crippen molar-refractivity contribution in [3.05, 3.63) is 84.4 Å². The van der Waals surface area contributed by atoms with E-state index in [1.807, 2.05) is 66.5 Å². The molecule has 0 aliphatic carbocycles. The fourth-order valence-corrected chi connectivity index (χ4v) is 6.65. The highest BCUT2D eigenvalue weighted by atomic mass is 16.5. The number of anilines is 2. The number of nitrogens with zero attached hydrogens (tertiary/aromatic N) is 2. The summed E-state index contributed by atoms with van der Waals surface area (Å²) in [6, 6.07) is 23.2. The van der Waals surface area contributed by atoms with Crippen molar-refractivity contribution in [1.82, 2.24) is 4.90 Å². The third kappa shape index (κ3) is 3.76. The normalized spacial score (nSPS) is 27.2. The monoisotopic (exact) mass is 541 g/mol. The average molecular weight is 542 g/mol. The highest BCUT2D eigenvalue weighted by molar-refractivity contribution is 6.09. The molecular weight excluding hydrogens is 510 g/mol. The molecule has 2 saturated heterocycles. The molecule has 9 nitrogen and oxygen atoms in total. The van der Waals surface area contributed by atoms with E-state index in [1.54, 1.807) is 43.2 Å². The molecule has 3 aliphatic heterocycles. The van der Waals surface area contributed by atoms with Gasteiger partial charge in [-0.25, -0.2) is 0 Å². The predicted molar refractivity (Wildman–Crippen MR) is 148 cm³/mol. The second-order valence-electron chi connectivity index (χ2n) is 10.3. The Hall–Kier alpha value is -4.37. The molecule has 0 bridgehead atoms. The van der Waals surface area contributed by atoms with E-state index in [0.29, 0.717) is 29.4 Å². The fraction of sp³-hybridized carbons (Fsp3) is 0.323. The zero-order valence-electron chi connectivity index (χ0n) is 22.6.